The van der Waals surface area contributed by atoms with E-state index in [2.05, 4.69) is 5.10 Å². The van der Waals surface area contributed by atoms with E-state index < -0.39 is 5.66 Å². The Hall–Kier alpha value is -0.500. The first-order valence-electron chi connectivity index (χ1n) is 3.62. The van der Waals surface area contributed by atoms with E-state index in [0.29, 0.717) is 0 Å². The van der Waals surface area contributed by atoms with Gasteiger partial charge in [-0.15, -0.1) is 0 Å². The molecular weight excluding hydrogens is 181 g/mol. The van der Waals surface area contributed by atoms with E-state index in [4.69, 9.17) is 0 Å². The van der Waals surface area contributed by atoms with E-state index in [-0.39, 0.29) is 11.6 Å². The maximum Gasteiger partial charge on any atom is 0.286 e. The molecular formula is C7H11F2N2P. The van der Waals surface area contributed by atoms with Gasteiger partial charge in [-0.2, -0.15) is 13.9 Å². The first-order chi connectivity index (χ1) is 5.41. The molecule has 1 rings (SSSR count). The van der Waals surface area contributed by atoms with Crippen LogP contribution in [0.2, 0.25) is 0 Å². The normalized spacial score (nSPS) is 12.5. The molecule has 0 spiro atoms. The minimum atomic E-state index is -2.87. The Morgan fingerprint density at radius 3 is 2.42 bits per heavy atom. The van der Waals surface area contributed by atoms with Gasteiger partial charge in [-0.25, -0.2) is 0 Å². The van der Waals surface area contributed by atoms with Gasteiger partial charge < -0.3 is 0 Å². The van der Waals surface area contributed by atoms with Crippen LogP contribution >= 0.6 is 9.24 Å². The summed E-state index contributed by atoms with van der Waals surface area (Å²) in [7, 11) is 1.49. The summed E-state index contributed by atoms with van der Waals surface area (Å²) in [5, 5.41) is 3.81. The summed E-state index contributed by atoms with van der Waals surface area (Å²) in [6.45, 7) is 3.77. The Morgan fingerprint density at radius 1 is 1.58 bits per heavy atom. The van der Waals surface area contributed by atoms with E-state index in [1.165, 1.54) is 26.3 Å². The molecule has 0 saturated carbocycles. The molecule has 0 aromatic carbocycles. The molecule has 1 atom stereocenters. The van der Waals surface area contributed by atoms with Crippen LogP contribution < -0.4 is 0 Å². The van der Waals surface area contributed by atoms with Gasteiger partial charge in [-0.1, -0.05) is 9.24 Å². The lowest BCUT2D eigenvalue weighted by Crippen LogP contribution is -2.02. The van der Waals surface area contributed by atoms with Crippen molar-refractivity contribution in [3.05, 3.63) is 18.0 Å². The van der Waals surface area contributed by atoms with Crippen molar-refractivity contribution in [2.75, 3.05) is 0 Å². The van der Waals surface area contributed by atoms with Crippen LogP contribution in [0.25, 0.3) is 0 Å². The second-order valence-corrected chi connectivity index (χ2v) is 3.65. The Morgan fingerprint density at radius 2 is 2.17 bits per heavy atom. The summed E-state index contributed by atoms with van der Waals surface area (Å²) < 4.78 is 26.8. The predicted molar refractivity (Wildman–Crippen MR) is 46.2 cm³/mol. The summed E-state index contributed by atoms with van der Waals surface area (Å²) in [6, 6.07) is 0.117. The zero-order valence-electron chi connectivity index (χ0n) is 6.96. The van der Waals surface area contributed by atoms with Crippen molar-refractivity contribution < 1.29 is 8.78 Å². The summed E-state index contributed by atoms with van der Waals surface area (Å²) in [5.41, 5.74) is -2.94. The Balaban J connectivity index is 2.92. The van der Waals surface area contributed by atoms with Crippen LogP contribution in [-0.4, -0.2) is 9.78 Å². The van der Waals surface area contributed by atoms with Crippen molar-refractivity contribution in [2.45, 2.75) is 25.6 Å². The first-order valence-corrected chi connectivity index (χ1v) is 4.20. The predicted octanol–water partition coefficient (Wildman–Crippen LogP) is 2.39. The number of aromatic nitrogens is 2. The minimum absolute atomic E-state index is 0.0683. The lowest BCUT2D eigenvalue weighted by atomic mass is 10.3. The quantitative estimate of drug-likeness (QED) is 0.658. The number of hydrogen-bond donors (Lipinski definition) is 0. The zero-order valence-corrected chi connectivity index (χ0v) is 8.11. The lowest BCUT2D eigenvalue weighted by Gasteiger charge is -2.06. The standard InChI is InChI=1S/C7H11F2N2P/c1-5(2)11-4-6(3-10-11)7(8,9)12/h3-5H,12H2,1-2H3. The lowest BCUT2D eigenvalue weighted by molar-refractivity contribution is 0.104. The molecule has 0 aliphatic heterocycles. The molecule has 1 aromatic rings. The van der Waals surface area contributed by atoms with Crippen molar-refractivity contribution >= 4 is 9.24 Å². The highest BCUT2D eigenvalue weighted by atomic mass is 31.0. The maximum absolute atomic E-state index is 12.6. The molecule has 0 fully saturated rings. The molecule has 0 aliphatic rings. The maximum atomic E-state index is 12.6. The monoisotopic (exact) mass is 192 g/mol. The molecule has 0 N–H and O–H groups in total. The third kappa shape index (κ3) is 2.01. The van der Waals surface area contributed by atoms with Crippen LogP contribution in [-0.2, 0) is 5.66 Å². The first kappa shape index (κ1) is 9.59. The van der Waals surface area contributed by atoms with E-state index in [1.54, 1.807) is 0 Å². The van der Waals surface area contributed by atoms with Gasteiger partial charge in [0.2, 0.25) is 0 Å². The molecule has 0 radical (unpaired) electrons. The van der Waals surface area contributed by atoms with Crippen LogP contribution in [0.15, 0.2) is 12.4 Å². The highest BCUT2D eigenvalue weighted by Crippen LogP contribution is 2.34. The van der Waals surface area contributed by atoms with Crippen molar-refractivity contribution in [3.63, 3.8) is 0 Å². The molecule has 1 heterocycles. The number of halogens is 2. The molecule has 1 aromatic heterocycles. The van der Waals surface area contributed by atoms with E-state index in [9.17, 15) is 8.78 Å². The van der Waals surface area contributed by atoms with Crippen LogP contribution in [0.5, 0.6) is 0 Å². The molecule has 2 nitrogen and oxygen atoms in total. The average molecular weight is 192 g/mol. The smallest absolute Gasteiger partial charge is 0.270 e. The highest BCUT2D eigenvalue weighted by molar-refractivity contribution is 7.17. The van der Waals surface area contributed by atoms with Crippen LogP contribution in [0.1, 0.15) is 25.5 Å². The van der Waals surface area contributed by atoms with Crippen LogP contribution in [0, 0.1) is 0 Å². The van der Waals surface area contributed by atoms with Gasteiger partial charge >= 0.3 is 0 Å². The van der Waals surface area contributed by atoms with Crippen molar-refractivity contribution in [1.29, 1.82) is 0 Å². The number of rotatable bonds is 2. The minimum Gasteiger partial charge on any atom is -0.270 e. The fourth-order valence-corrected chi connectivity index (χ4v) is 0.942. The van der Waals surface area contributed by atoms with Crippen molar-refractivity contribution in [2.24, 2.45) is 0 Å². The topological polar surface area (TPSA) is 17.8 Å². The fourth-order valence-electron chi connectivity index (χ4n) is 0.793. The summed E-state index contributed by atoms with van der Waals surface area (Å²) in [5.74, 6) is 0. The molecule has 68 valence electrons. The second-order valence-electron chi connectivity index (χ2n) is 2.93. The number of hydrogen-bond acceptors (Lipinski definition) is 1. The van der Waals surface area contributed by atoms with Gasteiger partial charge in [0.25, 0.3) is 5.66 Å². The largest absolute Gasteiger partial charge is 0.286 e. The van der Waals surface area contributed by atoms with Gasteiger partial charge in [-0.3, -0.25) is 4.68 Å². The second kappa shape index (κ2) is 3.09. The third-order valence-corrected chi connectivity index (χ3v) is 1.85. The average Bonchev–Trinajstić information content (AvgIpc) is 2.30. The molecule has 5 heteroatoms. The summed E-state index contributed by atoms with van der Waals surface area (Å²) in [4.78, 5) is 0. The summed E-state index contributed by atoms with van der Waals surface area (Å²) in [6.07, 6.45) is 2.55. The highest BCUT2D eigenvalue weighted by Gasteiger charge is 2.26. The SMILES string of the molecule is CC(C)n1cc(C(F)(F)P)cn1. The number of nitrogens with zero attached hydrogens (tertiary/aromatic N) is 2. The zero-order chi connectivity index (χ0) is 9.35. The van der Waals surface area contributed by atoms with Gasteiger partial charge in [0, 0.05) is 12.2 Å². The molecule has 1 unspecified atom stereocenters. The molecule has 12 heavy (non-hydrogen) atoms. The van der Waals surface area contributed by atoms with Crippen molar-refractivity contribution in [3.8, 4) is 0 Å². The number of alkyl halides is 2. The Bertz CT molecular complexity index is 265. The van der Waals surface area contributed by atoms with E-state index in [1.807, 2.05) is 13.8 Å². The van der Waals surface area contributed by atoms with Gasteiger partial charge in [0.05, 0.1) is 11.8 Å². The van der Waals surface area contributed by atoms with Gasteiger partial charge in [-0.05, 0) is 13.8 Å². The van der Waals surface area contributed by atoms with Crippen LogP contribution in [0.3, 0.4) is 0 Å². The summed E-state index contributed by atoms with van der Waals surface area (Å²) >= 11 is 0. The Kier molecular flexibility index (Phi) is 2.47. The van der Waals surface area contributed by atoms with E-state index >= 15 is 0 Å². The van der Waals surface area contributed by atoms with Crippen LogP contribution in [0.4, 0.5) is 8.78 Å². The molecule has 0 saturated heterocycles. The molecule has 0 bridgehead atoms. The van der Waals surface area contributed by atoms with Crippen molar-refractivity contribution in [1.82, 2.24) is 9.78 Å². The molecule has 0 amide bonds. The molecule has 0 aliphatic carbocycles. The van der Waals surface area contributed by atoms with Gasteiger partial charge in [0.15, 0.2) is 0 Å². The van der Waals surface area contributed by atoms with E-state index in [0.717, 1.165) is 0 Å². The fraction of sp³-hybridized carbons (Fsp3) is 0.571. The van der Waals surface area contributed by atoms with Gasteiger partial charge in [0.1, 0.15) is 0 Å². The third-order valence-electron chi connectivity index (χ3n) is 1.52. The Labute approximate surface area is 72.2 Å².